The summed E-state index contributed by atoms with van der Waals surface area (Å²) >= 11 is 3.39. The maximum atomic E-state index is 12.6. The number of thioether (sulfide) groups is 2. The highest BCUT2D eigenvalue weighted by Crippen LogP contribution is 2.27. The van der Waals surface area contributed by atoms with E-state index in [9.17, 15) is 4.79 Å². The second-order valence-corrected chi connectivity index (χ2v) is 7.57. The fraction of sp³-hybridized carbons (Fsp3) is 0.316. The van der Waals surface area contributed by atoms with Crippen molar-refractivity contribution < 1.29 is 9.53 Å². The molecule has 5 heteroatoms. The van der Waals surface area contributed by atoms with Crippen molar-refractivity contribution in [1.29, 1.82) is 0 Å². The van der Waals surface area contributed by atoms with Crippen LogP contribution in [0, 0.1) is 0 Å². The van der Waals surface area contributed by atoms with Gasteiger partial charge >= 0.3 is 0 Å². The maximum absolute atomic E-state index is 12.6. The molecule has 3 rings (SSSR count). The maximum Gasteiger partial charge on any atom is 0.256 e. The molecule has 1 saturated heterocycles. The van der Waals surface area contributed by atoms with Crippen LogP contribution in [0.2, 0.25) is 0 Å². The van der Waals surface area contributed by atoms with Crippen LogP contribution in [0.1, 0.15) is 23.2 Å². The number of hydrogen-bond acceptors (Lipinski definition) is 4. The highest BCUT2D eigenvalue weighted by molar-refractivity contribution is 7.99. The van der Waals surface area contributed by atoms with E-state index in [4.69, 9.17) is 4.74 Å². The van der Waals surface area contributed by atoms with Gasteiger partial charge in [0.05, 0.1) is 11.7 Å². The summed E-state index contributed by atoms with van der Waals surface area (Å²) in [6, 6.07) is 15.7. The first-order chi connectivity index (χ1) is 11.8. The largest absolute Gasteiger partial charge is 0.377 e. The minimum Gasteiger partial charge on any atom is -0.377 e. The minimum absolute atomic E-state index is 0.0673. The van der Waals surface area contributed by atoms with Crippen LogP contribution in [-0.2, 0) is 4.74 Å². The molecule has 3 nitrogen and oxygen atoms in total. The van der Waals surface area contributed by atoms with Gasteiger partial charge in [-0.15, -0.1) is 23.5 Å². The molecule has 1 N–H and O–H groups in total. The number of carbonyl (C=O) groups is 1. The lowest BCUT2D eigenvalue weighted by molar-refractivity contribution is 0.102. The Morgan fingerprint density at radius 2 is 2.00 bits per heavy atom. The third-order valence-electron chi connectivity index (χ3n) is 3.93. The van der Waals surface area contributed by atoms with E-state index in [0.29, 0.717) is 6.10 Å². The predicted molar refractivity (Wildman–Crippen MR) is 102 cm³/mol. The van der Waals surface area contributed by atoms with Crippen molar-refractivity contribution >= 4 is 35.1 Å². The number of hydrogen-bond donors (Lipinski definition) is 1. The van der Waals surface area contributed by atoms with Crippen molar-refractivity contribution in [2.45, 2.75) is 28.7 Å². The first-order valence-electron chi connectivity index (χ1n) is 8.05. The smallest absolute Gasteiger partial charge is 0.256 e. The average molecular weight is 360 g/mol. The van der Waals surface area contributed by atoms with Crippen molar-refractivity contribution in [3.05, 3.63) is 54.1 Å². The molecule has 126 valence electrons. The Balaban J connectivity index is 1.66. The van der Waals surface area contributed by atoms with Gasteiger partial charge in [0.2, 0.25) is 0 Å². The number of benzene rings is 2. The lowest BCUT2D eigenvalue weighted by atomic mass is 10.2. The summed E-state index contributed by atoms with van der Waals surface area (Å²) < 4.78 is 5.67. The molecule has 2 aromatic carbocycles. The Morgan fingerprint density at radius 1 is 1.21 bits per heavy atom. The highest BCUT2D eigenvalue weighted by atomic mass is 32.2. The van der Waals surface area contributed by atoms with Crippen LogP contribution >= 0.6 is 23.5 Å². The van der Waals surface area contributed by atoms with Crippen molar-refractivity contribution in [1.82, 2.24) is 0 Å². The first kappa shape index (κ1) is 17.4. The molecule has 1 aliphatic heterocycles. The molecule has 0 unspecified atom stereocenters. The Kier molecular flexibility index (Phi) is 6.24. The molecule has 1 heterocycles. The van der Waals surface area contributed by atoms with E-state index in [0.717, 1.165) is 41.3 Å². The number of carbonyl (C=O) groups excluding carboxylic acids is 1. The van der Waals surface area contributed by atoms with Gasteiger partial charge in [-0.25, -0.2) is 0 Å². The zero-order valence-corrected chi connectivity index (χ0v) is 15.3. The second-order valence-electron chi connectivity index (χ2n) is 5.62. The molecule has 1 aliphatic rings. The van der Waals surface area contributed by atoms with E-state index >= 15 is 0 Å². The Morgan fingerprint density at radius 3 is 2.71 bits per heavy atom. The molecule has 0 aromatic heterocycles. The molecular weight excluding hydrogens is 338 g/mol. The fourth-order valence-corrected chi connectivity index (χ4v) is 4.14. The topological polar surface area (TPSA) is 38.3 Å². The van der Waals surface area contributed by atoms with Gasteiger partial charge in [0.15, 0.2) is 0 Å². The van der Waals surface area contributed by atoms with Gasteiger partial charge in [0.25, 0.3) is 5.91 Å². The number of anilines is 1. The van der Waals surface area contributed by atoms with Crippen LogP contribution in [0.25, 0.3) is 0 Å². The summed E-state index contributed by atoms with van der Waals surface area (Å²) in [5, 5.41) is 2.99. The van der Waals surface area contributed by atoms with Crippen LogP contribution < -0.4 is 5.32 Å². The Hall–Kier alpha value is -1.43. The van der Waals surface area contributed by atoms with Crippen LogP contribution in [0.5, 0.6) is 0 Å². The zero-order chi connectivity index (χ0) is 16.8. The summed E-state index contributed by atoms with van der Waals surface area (Å²) in [7, 11) is 0. The van der Waals surface area contributed by atoms with Gasteiger partial charge < -0.3 is 10.1 Å². The number of amides is 1. The van der Waals surface area contributed by atoms with Gasteiger partial charge in [-0.2, -0.15) is 0 Å². The van der Waals surface area contributed by atoms with Crippen molar-refractivity contribution in [2.75, 3.05) is 23.9 Å². The van der Waals surface area contributed by atoms with E-state index in [-0.39, 0.29) is 5.91 Å². The van der Waals surface area contributed by atoms with Crippen molar-refractivity contribution in [3.63, 3.8) is 0 Å². The van der Waals surface area contributed by atoms with Crippen molar-refractivity contribution in [3.8, 4) is 0 Å². The summed E-state index contributed by atoms with van der Waals surface area (Å²) in [5.74, 6) is 0.828. The molecular formula is C19H21NO2S2. The molecule has 1 fully saturated rings. The lowest BCUT2D eigenvalue weighted by Crippen LogP contribution is -2.14. The summed E-state index contributed by atoms with van der Waals surface area (Å²) in [6.07, 6.45) is 4.60. The monoisotopic (exact) mass is 359 g/mol. The third-order valence-corrected chi connectivity index (χ3v) is 5.88. The van der Waals surface area contributed by atoms with E-state index in [1.54, 1.807) is 23.5 Å². The zero-order valence-electron chi connectivity index (χ0n) is 13.7. The van der Waals surface area contributed by atoms with Gasteiger partial charge in [0.1, 0.15) is 0 Å². The van der Waals surface area contributed by atoms with Crippen LogP contribution in [-0.4, -0.2) is 30.6 Å². The van der Waals surface area contributed by atoms with Gasteiger partial charge in [-0.1, -0.05) is 12.1 Å². The normalized spacial score (nSPS) is 17.0. The van der Waals surface area contributed by atoms with Crippen LogP contribution in [0.15, 0.2) is 58.3 Å². The summed E-state index contributed by atoms with van der Waals surface area (Å²) in [6.45, 7) is 0.861. The molecule has 24 heavy (non-hydrogen) atoms. The molecule has 2 aromatic rings. The molecule has 0 spiro atoms. The molecule has 1 atom stereocenters. The Bertz CT molecular complexity index is 682. The molecule has 0 saturated carbocycles. The SMILES string of the molecule is CSc1ccc(NC(=O)c2ccccc2SC[C@@H]2CCCO2)cc1. The molecule has 0 bridgehead atoms. The standard InChI is InChI=1S/C19H21NO2S2/c1-23-16-10-8-14(9-11-16)20-19(21)17-6-2-3-7-18(17)24-13-15-5-4-12-22-15/h2-3,6-11,15H,4-5,12-13H2,1H3,(H,20,21)/t15-/m0/s1. The molecule has 0 radical (unpaired) electrons. The van der Waals surface area contributed by atoms with E-state index in [1.165, 1.54) is 4.90 Å². The number of ether oxygens (including phenoxy) is 1. The highest BCUT2D eigenvalue weighted by Gasteiger charge is 2.18. The number of rotatable bonds is 6. The summed E-state index contributed by atoms with van der Waals surface area (Å²) in [5.41, 5.74) is 1.53. The van der Waals surface area contributed by atoms with Gasteiger partial charge in [-0.05, 0) is 55.5 Å². The van der Waals surface area contributed by atoms with Crippen molar-refractivity contribution in [2.24, 2.45) is 0 Å². The molecule has 1 amide bonds. The fourth-order valence-electron chi connectivity index (χ4n) is 2.61. The third kappa shape index (κ3) is 4.56. The first-order valence-corrected chi connectivity index (χ1v) is 10.3. The minimum atomic E-state index is -0.0673. The van der Waals surface area contributed by atoms with E-state index in [2.05, 4.69) is 5.32 Å². The molecule has 0 aliphatic carbocycles. The van der Waals surface area contributed by atoms with Gasteiger partial charge in [0, 0.05) is 27.8 Å². The Labute approximate surface area is 151 Å². The quantitative estimate of drug-likeness (QED) is 0.742. The van der Waals surface area contributed by atoms with E-state index in [1.807, 2.05) is 54.8 Å². The predicted octanol–water partition coefficient (Wildman–Crippen LogP) is 4.93. The second kappa shape index (κ2) is 8.60. The van der Waals surface area contributed by atoms with Crippen LogP contribution in [0.3, 0.4) is 0 Å². The lowest BCUT2D eigenvalue weighted by Gasteiger charge is -2.12. The van der Waals surface area contributed by atoms with Crippen LogP contribution in [0.4, 0.5) is 5.69 Å². The average Bonchev–Trinajstić information content (AvgIpc) is 3.14. The number of nitrogens with one attached hydrogen (secondary N) is 1. The van der Waals surface area contributed by atoms with E-state index < -0.39 is 0 Å². The summed E-state index contributed by atoms with van der Waals surface area (Å²) in [4.78, 5) is 14.8. The van der Waals surface area contributed by atoms with Gasteiger partial charge in [-0.3, -0.25) is 4.79 Å².